The number of anilines is 1. The molecule has 0 saturated heterocycles. The number of hydrogen-bond acceptors (Lipinski definition) is 4. The minimum Gasteiger partial charge on any atom is -0.369 e. The van der Waals surface area contributed by atoms with Crippen molar-refractivity contribution < 1.29 is 4.79 Å². The van der Waals surface area contributed by atoms with Gasteiger partial charge in [0, 0.05) is 24.6 Å². The largest absolute Gasteiger partial charge is 0.369 e. The number of carbonyl (C=O) groups is 1. The molecule has 0 spiro atoms. The van der Waals surface area contributed by atoms with Gasteiger partial charge in [-0.2, -0.15) is 0 Å². The van der Waals surface area contributed by atoms with Crippen LogP contribution in [0.25, 0.3) is 0 Å². The first kappa shape index (κ1) is 14.1. The van der Waals surface area contributed by atoms with Crippen molar-refractivity contribution in [3.63, 3.8) is 0 Å². The number of nitrogens with zero attached hydrogens (tertiary/aromatic N) is 2. The molecule has 19 heavy (non-hydrogen) atoms. The van der Waals surface area contributed by atoms with E-state index in [1.807, 2.05) is 13.8 Å². The fraction of sp³-hybridized carbons (Fsp3) is 0.615. The normalized spacial score (nSPS) is 14.5. The smallest absolute Gasteiger partial charge is 0.221 e. The Labute approximate surface area is 118 Å². The average molecular weight is 283 g/mol. The zero-order valence-corrected chi connectivity index (χ0v) is 12.0. The van der Waals surface area contributed by atoms with Gasteiger partial charge in [0.25, 0.3) is 0 Å². The van der Waals surface area contributed by atoms with Gasteiger partial charge in [-0.05, 0) is 18.8 Å². The Kier molecular flexibility index (Phi) is 4.58. The van der Waals surface area contributed by atoms with Crippen molar-refractivity contribution in [2.75, 3.05) is 11.9 Å². The first-order chi connectivity index (χ1) is 9.08. The molecule has 0 radical (unpaired) electrons. The van der Waals surface area contributed by atoms with Crippen LogP contribution in [0, 0.1) is 0 Å². The molecule has 1 heterocycles. The van der Waals surface area contributed by atoms with Gasteiger partial charge in [-0.25, -0.2) is 9.97 Å². The van der Waals surface area contributed by atoms with Gasteiger partial charge in [0.1, 0.15) is 17.3 Å². The van der Waals surface area contributed by atoms with Crippen molar-refractivity contribution >= 4 is 23.3 Å². The molecule has 6 heteroatoms. The van der Waals surface area contributed by atoms with E-state index in [0.29, 0.717) is 30.0 Å². The molecular formula is C13H19ClN4O. The minimum absolute atomic E-state index is 0.0845. The van der Waals surface area contributed by atoms with Gasteiger partial charge in [0.2, 0.25) is 5.91 Å². The second-order valence-corrected chi connectivity index (χ2v) is 5.46. The van der Waals surface area contributed by atoms with Gasteiger partial charge in [-0.1, -0.05) is 25.4 Å². The van der Waals surface area contributed by atoms with Crippen LogP contribution in [-0.2, 0) is 4.79 Å². The molecule has 0 atom stereocenters. The molecule has 1 aromatic rings. The molecule has 1 fully saturated rings. The molecule has 1 amide bonds. The predicted molar refractivity (Wildman–Crippen MR) is 75.4 cm³/mol. The maximum atomic E-state index is 11.6. The summed E-state index contributed by atoms with van der Waals surface area (Å²) in [6, 6.07) is 0.409. The van der Waals surface area contributed by atoms with Crippen LogP contribution in [-0.4, -0.2) is 28.5 Å². The highest BCUT2D eigenvalue weighted by Gasteiger charge is 2.22. The zero-order chi connectivity index (χ0) is 13.8. The van der Waals surface area contributed by atoms with Crippen LogP contribution in [0.2, 0.25) is 5.15 Å². The van der Waals surface area contributed by atoms with E-state index in [-0.39, 0.29) is 11.8 Å². The summed E-state index contributed by atoms with van der Waals surface area (Å²) in [5, 5.41) is 6.58. The highest BCUT2D eigenvalue weighted by Crippen LogP contribution is 2.27. The van der Waals surface area contributed by atoms with Crippen LogP contribution in [0.1, 0.15) is 44.6 Å². The number of nitrogens with one attached hydrogen (secondary N) is 2. The Hall–Kier alpha value is -1.36. The van der Waals surface area contributed by atoms with E-state index >= 15 is 0 Å². The number of hydrogen-bond donors (Lipinski definition) is 2. The monoisotopic (exact) mass is 282 g/mol. The predicted octanol–water partition coefficient (Wildman–Crippen LogP) is 2.33. The van der Waals surface area contributed by atoms with Gasteiger partial charge in [0.05, 0.1) is 0 Å². The van der Waals surface area contributed by atoms with Gasteiger partial charge in [-0.15, -0.1) is 0 Å². The summed E-state index contributed by atoms with van der Waals surface area (Å²) in [7, 11) is 0. The molecule has 0 aliphatic heterocycles. The second kappa shape index (κ2) is 6.19. The van der Waals surface area contributed by atoms with Crippen molar-refractivity contribution in [3.05, 3.63) is 17.0 Å². The summed E-state index contributed by atoms with van der Waals surface area (Å²) in [4.78, 5) is 19.7. The molecule has 104 valence electrons. The lowest BCUT2D eigenvalue weighted by atomic mass is 10.1. The average Bonchev–Trinajstić information content (AvgIpc) is 3.12. The Bertz CT molecular complexity index is 460. The third-order valence-corrected chi connectivity index (χ3v) is 3.30. The van der Waals surface area contributed by atoms with Crippen LogP contribution in [0.15, 0.2) is 6.33 Å². The molecule has 2 N–H and O–H groups in total. The van der Waals surface area contributed by atoms with Crippen molar-refractivity contribution in [2.45, 2.75) is 45.1 Å². The molecule has 0 bridgehead atoms. The fourth-order valence-electron chi connectivity index (χ4n) is 1.85. The van der Waals surface area contributed by atoms with E-state index in [1.165, 1.54) is 6.33 Å². The fourth-order valence-corrected chi connectivity index (χ4v) is 2.20. The van der Waals surface area contributed by atoms with Gasteiger partial charge in [-0.3, -0.25) is 4.79 Å². The van der Waals surface area contributed by atoms with Crippen molar-refractivity contribution in [2.24, 2.45) is 0 Å². The maximum Gasteiger partial charge on any atom is 0.221 e. The minimum atomic E-state index is 0.0845. The van der Waals surface area contributed by atoms with Crippen LogP contribution in [0.3, 0.4) is 0 Å². The van der Waals surface area contributed by atoms with E-state index in [4.69, 9.17) is 11.6 Å². The molecule has 1 aliphatic carbocycles. The maximum absolute atomic E-state index is 11.6. The summed E-state index contributed by atoms with van der Waals surface area (Å²) in [6.45, 7) is 4.62. The summed E-state index contributed by atoms with van der Waals surface area (Å²) in [6.07, 6.45) is 4.09. The number of rotatable bonds is 6. The molecule has 0 aromatic carbocycles. The van der Waals surface area contributed by atoms with Gasteiger partial charge in [0.15, 0.2) is 0 Å². The first-order valence-electron chi connectivity index (χ1n) is 6.61. The van der Waals surface area contributed by atoms with Gasteiger partial charge < -0.3 is 10.6 Å². The number of carbonyl (C=O) groups excluding carboxylic acids is 1. The first-order valence-corrected chi connectivity index (χ1v) is 6.99. The lowest BCUT2D eigenvalue weighted by Crippen LogP contribution is -2.27. The Balaban J connectivity index is 1.88. The quantitative estimate of drug-likeness (QED) is 0.786. The van der Waals surface area contributed by atoms with Crippen LogP contribution in [0.4, 0.5) is 5.82 Å². The van der Waals surface area contributed by atoms with Crippen molar-refractivity contribution in [3.8, 4) is 0 Å². The summed E-state index contributed by atoms with van der Waals surface area (Å²) >= 11 is 6.07. The Morgan fingerprint density at radius 1 is 1.47 bits per heavy atom. The van der Waals surface area contributed by atoms with Crippen molar-refractivity contribution in [1.29, 1.82) is 0 Å². The van der Waals surface area contributed by atoms with Crippen LogP contribution >= 0.6 is 11.6 Å². The lowest BCUT2D eigenvalue weighted by Gasteiger charge is -2.14. The Morgan fingerprint density at radius 3 is 2.84 bits per heavy atom. The molecule has 1 aromatic heterocycles. The number of amides is 1. The van der Waals surface area contributed by atoms with Crippen molar-refractivity contribution in [1.82, 2.24) is 15.3 Å². The van der Waals surface area contributed by atoms with Crippen LogP contribution in [0.5, 0.6) is 0 Å². The van der Waals surface area contributed by atoms with E-state index in [9.17, 15) is 4.79 Å². The third kappa shape index (κ3) is 4.06. The van der Waals surface area contributed by atoms with Gasteiger partial charge >= 0.3 is 0 Å². The van der Waals surface area contributed by atoms with E-state index < -0.39 is 0 Å². The second-order valence-electron chi connectivity index (χ2n) is 5.10. The summed E-state index contributed by atoms with van der Waals surface area (Å²) in [5.74, 6) is 1.03. The third-order valence-electron chi connectivity index (χ3n) is 3.00. The topological polar surface area (TPSA) is 66.9 Å². The molecule has 1 saturated carbocycles. The Morgan fingerprint density at radius 2 is 2.21 bits per heavy atom. The van der Waals surface area contributed by atoms with Crippen LogP contribution < -0.4 is 10.6 Å². The summed E-state index contributed by atoms with van der Waals surface area (Å²) < 4.78 is 0. The zero-order valence-electron chi connectivity index (χ0n) is 11.2. The molecule has 2 rings (SSSR count). The number of aromatic nitrogens is 2. The SMILES string of the molecule is CC(C)c1c(Cl)ncnc1NCCC(=O)NC1CC1. The number of halogens is 1. The summed E-state index contributed by atoms with van der Waals surface area (Å²) in [5.41, 5.74) is 0.895. The molecule has 0 unspecified atom stereocenters. The highest BCUT2D eigenvalue weighted by molar-refractivity contribution is 6.30. The lowest BCUT2D eigenvalue weighted by molar-refractivity contribution is -0.120. The van der Waals surface area contributed by atoms with E-state index in [2.05, 4.69) is 20.6 Å². The standard InChI is InChI=1S/C13H19ClN4O/c1-8(2)11-12(14)16-7-17-13(11)15-6-5-10(19)18-9-3-4-9/h7-9H,3-6H2,1-2H3,(H,18,19)(H,15,16,17). The molecular weight excluding hydrogens is 264 g/mol. The van der Waals surface area contributed by atoms with E-state index in [1.54, 1.807) is 0 Å². The van der Waals surface area contributed by atoms with E-state index in [0.717, 1.165) is 18.4 Å². The highest BCUT2D eigenvalue weighted by atomic mass is 35.5. The molecule has 5 nitrogen and oxygen atoms in total. The molecule has 1 aliphatic rings.